The van der Waals surface area contributed by atoms with Gasteiger partial charge in [-0.3, -0.25) is 19.7 Å². The minimum absolute atomic E-state index is 0.0238. The topological polar surface area (TPSA) is 101 Å². The highest BCUT2D eigenvalue weighted by atomic mass is 16.6. The molecule has 0 saturated carbocycles. The molecule has 7 nitrogen and oxygen atoms in total. The van der Waals surface area contributed by atoms with Gasteiger partial charge in [0.05, 0.1) is 11.5 Å². The van der Waals surface area contributed by atoms with Crippen molar-refractivity contribution in [1.29, 1.82) is 0 Å². The SMILES string of the molecule is CC(=O)c1cccc(NCC(=O)Nc2cccc([N+](=O)[O-])c2)c1. The molecule has 0 bridgehead atoms. The Hall–Kier alpha value is -3.22. The Kier molecular flexibility index (Phi) is 5.03. The predicted octanol–water partition coefficient (Wildman–Crippen LogP) is 2.85. The lowest BCUT2D eigenvalue weighted by molar-refractivity contribution is -0.384. The van der Waals surface area contributed by atoms with E-state index in [0.717, 1.165) is 0 Å². The third-order valence-corrected chi connectivity index (χ3v) is 3.06. The molecule has 0 unspecified atom stereocenters. The summed E-state index contributed by atoms with van der Waals surface area (Å²) < 4.78 is 0. The number of non-ortho nitro benzene ring substituents is 1. The van der Waals surface area contributed by atoms with Crippen molar-refractivity contribution < 1.29 is 14.5 Å². The molecule has 118 valence electrons. The highest BCUT2D eigenvalue weighted by Crippen LogP contribution is 2.17. The summed E-state index contributed by atoms with van der Waals surface area (Å²) in [6.45, 7) is 1.44. The van der Waals surface area contributed by atoms with Crippen molar-refractivity contribution in [2.24, 2.45) is 0 Å². The van der Waals surface area contributed by atoms with Crippen molar-refractivity contribution in [3.8, 4) is 0 Å². The van der Waals surface area contributed by atoms with Crippen molar-refractivity contribution in [1.82, 2.24) is 0 Å². The molecule has 0 aliphatic carbocycles. The number of anilines is 2. The number of ketones is 1. The number of nitro benzene ring substituents is 1. The fraction of sp³-hybridized carbons (Fsp3) is 0.125. The number of nitrogens with one attached hydrogen (secondary N) is 2. The number of hydrogen-bond donors (Lipinski definition) is 2. The van der Waals surface area contributed by atoms with Gasteiger partial charge in [-0.15, -0.1) is 0 Å². The highest BCUT2D eigenvalue weighted by Gasteiger charge is 2.08. The molecule has 0 aliphatic heterocycles. The van der Waals surface area contributed by atoms with Crippen LogP contribution in [0.15, 0.2) is 48.5 Å². The number of amides is 1. The molecule has 2 aromatic carbocycles. The van der Waals surface area contributed by atoms with Crippen molar-refractivity contribution in [2.45, 2.75) is 6.92 Å². The van der Waals surface area contributed by atoms with E-state index in [2.05, 4.69) is 10.6 Å². The maximum atomic E-state index is 11.9. The second-order valence-corrected chi connectivity index (χ2v) is 4.85. The first-order chi connectivity index (χ1) is 11.0. The molecular formula is C16H15N3O4. The van der Waals surface area contributed by atoms with Gasteiger partial charge < -0.3 is 10.6 Å². The third kappa shape index (κ3) is 4.63. The normalized spacial score (nSPS) is 9.96. The summed E-state index contributed by atoms with van der Waals surface area (Å²) in [4.78, 5) is 33.3. The number of nitro groups is 1. The van der Waals surface area contributed by atoms with E-state index < -0.39 is 4.92 Å². The van der Waals surface area contributed by atoms with Crippen molar-refractivity contribution >= 4 is 28.8 Å². The van der Waals surface area contributed by atoms with Crippen LogP contribution in [0.4, 0.5) is 17.1 Å². The lowest BCUT2D eigenvalue weighted by Crippen LogP contribution is -2.21. The number of rotatable bonds is 6. The summed E-state index contributed by atoms with van der Waals surface area (Å²) in [6, 6.07) is 12.5. The van der Waals surface area contributed by atoms with Crippen LogP contribution in [0.1, 0.15) is 17.3 Å². The molecule has 0 radical (unpaired) electrons. The Morgan fingerprint density at radius 2 is 1.78 bits per heavy atom. The first-order valence-corrected chi connectivity index (χ1v) is 6.85. The zero-order valence-corrected chi connectivity index (χ0v) is 12.4. The minimum atomic E-state index is -0.527. The fourth-order valence-electron chi connectivity index (χ4n) is 1.93. The zero-order chi connectivity index (χ0) is 16.8. The van der Waals surface area contributed by atoms with E-state index >= 15 is 0 Å². The molecule has 0 aliphatic rings. The molecular weight excluding hydrogens is 298 g/mol. The number of carbonyl (C=O) groups excluding carboxylic acids is 2. The van der Waals surface area contributed by atoms with Crippen molar-refractivity contribution in [3.63, 3.8) is 0 Å². The standard InChI is InChI=1S/C16H15N3O4/c1-11(20)12-4-2-5-13(8-12)17-10-16(21)18-14-6-3-7-15(9-14)19(22)23/h2-9,17H,10H2,1H3,(H,18,21). The van der Waals surface area contributed by atoms with Gasteiger partial charge in [0.15, 0.2) is 5.78 Å². The lowest BCUT2D eigenvalue weighted by atomic mass is 10.1. The zero-order valence-electron chi connectivity index (χ0n) is 12.4. The molecule has 2 aromatic rings. The number of benzene rings is 2. The number of nitrogens with zero attached hydrogens (tertiary/aromatic N) is 1. The quantitative estimate of drug-likeness (QED) is 0.485. The van der Waals surface area contributed by atoms with Crippen LogP contribution in [-0.4, -0.2) is 23.2 Å². The molecule has 2 N–H and O–H groups in total. The summed E-state index contributed by atoms with van der Waals surface area (Å²) in [5.74, 6) is -0.409. The number of hydrogen-bond acceptors (Lipinski definition) is 5. The van der Waals surface area contributed by atoms with Crippen LogP contribution >= 0.6 is 0 Å². The van der Waals surface area contributed by atoms with Crippen LogP contribution in [0.3, 0.4) is 0 Å². The Morgan fingerprint density at radius 1 is 1.09 bits per heavy atom. The molecule has 23 heavy (non-hydrogen) atoms. The van der Waals surface area contributed by atoms with E-state index in [9.17, 15) is 19.7 Å². The summed E-state index contributed by atoms with van der Waals surface area (Å²) in [6.07, 6.45) is 0. The second-order valence-electron chi connectivity index (χ2n) is 4.85. The Labute approximate surface area is 132 Å². The molecule has 0 fully saturated rings. The van der Waals surface area contributed by atoms with Crippen LogP contribution in [0, 0.1) is 10.1 Å². The predicted molar refractivity (Wildman–Crippen MR) is 86.7 cm³/mol. The van der Waals surface area contributed by atoms with Crippen molar-refractivity contribution in [2.75, 3.05) is 17.2 Å². The van der Waals surface area contributed by atoms with E-state index in [4.69, 9.17) is 0 Å². The monoisotopic (exact) mass is 313 g/mol. The van der Waals surface area contributed by atoms with Crippen LogP contribution in [0.5, 0.6) is 0 Å². The smallest absolute Gasteiger partial charge is 0.271 e. The molecule has 0 aromatic heterocycles. The van der Waals surface area contributed by atoms with Gasteiger partial charge in [-0.05, 0) is 25.1 Å². The van der Waals surface area contributed by atoms with Gasteiger partial charge in [0.2, 0.25) is 5.91 Å². The molecule has 0 atom stereocenters. The summed E-state index contributed by atoms with van der Waals surface area (Å²) in [5, 5.41) is 16.2. The molecule has 1 amide bonds. The second kappa shape index (κ2) is 7.17. The Bertz CT molecular complexity index is 758. The maximum absolute atomic E-state index is 11.9. The summed E-state index contributed by atoms with van der Waals surface area (Å²) in [5.41, 5.74) is 1.45. The van der Waals surface area contributed by atoms with E-state index in [0.29, 0.717) is 16.9 Å². The van der Waals surface area contributed by atoms with Gasteiger partial charge >= 0.3 is 0 Å². The van der Waals surface area contributed by atoms with Crippen LogP contribution in [0.25, 0.3) is 0 Å². The van der Waals surface area contributed by atoms with Gasteiger partial charge in [-0.1, -0.05) is 18.2 Å². The van der Waals surface area contributed by atoms with E-state index in [1.54, 1.807) is 30.3 Å². The van der Waals surface area contributed by atoms with E-state index in [1.165, 1.54) is 25.1 Å². The van der Waals surface area contributed by atoms with Gasteiger partial charge in [-0.2, -0.15) is 0 Å². The van der Waals surface area contributed by atoms with Crippen molar-refractivity contribution in [3.05, 3.63) is 64.2 Å². The average molecular weight is 313 g/mol. The van der Waals surface area contributed by atoms with Gasteiger partial charge in [0.25, 0.3) is 5.69 Å². The van der Waals surface area contributed by atoms with E-state index in [-0.39, 0.29) is 23.9 Å². The lowest BCUT2D eigenvalue weighted by Gasteiger charge is -2.08. The Balaban J connectivity index is 1.95. The average Bonchev–Trinajstić information content (AvgIpc) is 2.53. The van der Waals surface area contributed by atoms with Gasteiger partial charge in [0.1, 0.15) is 0 Å². The molecule has 2 rings (SSSR count). The van der Waals surface area contributed by atoms with Gasteiger partial charge in [0, 0.05) is 29.1 Å². The Morgan fingerprint density at radius 3 is 2.48 bits per heavy atom. The molecule has 7 heteroatoms. The summed E-state index contributed by atoms with van der Waals surface area (Å²) >= 11 is 0. The number of Topliss-reactive ketones (excluding diaryl/α,β-unsaturated/α-hetero) is 1. The first kappa shape index (κ1) is 16.2. The molecule has 0 spiro atoms. The van der Waals surface area contributed by atoms with Crippen LogP contribution < -0.4 is 10.6 Å². The summed E-state index contributed by atoms with van der Waals surface area (Å²) in [7, 11) is 0. The third-order valence-electron chi connectivity index (χ3n) is 3.06. The highest BCUT2D eigenvalue weighted by molar-refractivity contribution is 5.96. The fourth-order valence-corrected chi connectivity index (χ4v) is 1.93. The minimum Gasteiger partial charge on any atom is -0.376 e. The largest absolute Gasteiger partial charge is 0.376 e. The van der Waals surface area contributed by atoms with Crippen LogP contribution in [-0.2, 0) is 4.79 Å². The number of carbonyl (C=O) groups is 2. The first-order valence-electron chi connectivity index (χ1n) is 6.85. The van der Waals surface area contributed by atoms with E-state index in [1.807, 2.05) is 0 Å². The molecule has 0 saturated heterocycles. The van der Waals surface area contributed by atoms with Gasteiger partial charge in [-0.25, -0.2) is 0 Å². The molecule has 0 heterocycles. The van der Waals surface area contributed by atoms with Crippen LogP contribution in [0.2, 0.25) is 0 Å². The maximum Gasteiger partial charge on any atom is 0.271 e.